The van der Waals surface area contributed by atoms with Gasteiger partial charge in [-0.2, -0.15) is 4.98 Å². The number of nitro benzene ring substituents is 1. The molecule has 8 nitrogen and oxygen atoms in total. The predicted molar refractivity (Wildman–Crippen MR) is 119 cm³/mol. The third kappa shape index (κ3) is 5.13. The summed E-state index contributed by atoms with van der Waals surface area (Å²) < 4.78 is 5.40. The van der Waals surface area contributed by atoms with E-state index in [2.05, 4.69) is 10.1 Å². The minimum Gasteiger partial charge on any atom is -0.339 e. The molecule has 1 saturated carbocycles. The van der Waals surface area contributed by atoms with E-state index < -0.39 is 4.92 Å². The maximum Gasteiger partial charge on any atom is 0.270 e. The molecule has 0 saturated heterocycles. The summed E-state index contributed by atoms with van der Waals surface area (Å²) >= 11 is 5.93. The Morgan fingerprint density at radius 3 is 2.62 bits per heavy atom. The summed E-state index contributed by atoms with van der Waals surface area (Å²) in [4.78, 5) is 30.2. The molecule has 0 spiro atoms. The Morgan fingerprint density at radius 1 is 1.16 bits per heavy atom. The number of nitro groups is 1. The lowest BCUT2D eigenvalue weighted by molar-refractivity contribution is -0.384. The van der Waals surface area contributed by atoms with Crippen molar-refractivity contribution in [2.45, 2.75) is 44.6 Å². The summed E-state index contributed by atoms with van der Waals surface area (Å²) in [7, 11) is 0. The number of carbonyl (C=O) groups excluding carboxylic acids is 1. The standard InChI is InChI=1S/C23H23ClN4O4/c24-18-11-9-16(10-12-18)22-25-21(32-26-22)13-14-27(19-6-2-1-3-7-19)23(29)17-5-4-8-20(15-17)28(30)31/h4-5,8-12,15,19H,1-3,6-7,13-14H2. The molecular formula is C23H23ClN4O4. The molecule has 3 aromatic rings. The van der Waals surface area contributed by atoms with Crippen molar-refractivity contribution in [2.24, 2.45) is 0 Å². The Kier molecular flexibility index (Phi) is 6.80. The molecule has 1 aliphatic rings. The highest BCUT2D eigenvalue weighted by Gasteiger charge is 2.27. The van der Waals surface area contributed by atoms with E-state index in [4.69, 9.17) is 16.1 Å². The molecule has 1 heterocycles. The van der Waals surface area contributed by atoms with Crippen LogP contribution in [0.15, 0.2) is 53.1 Å². The van der Waals surface area contributed by atoms with Gasteiger partial charge in [-0.05, 0) is 43.2 Å². The zero-order valence-corrected chi connectivity index (χ0v) is 18.2. The van der Waals surface area contributed by atoms with Crippen LogP contribution in [0.5, 0.6) is 0 Å². The van der Waals surface area contributed by atoms with Crippen molar-refractivity contribution in [3.05, 3.63) is 75.1 Å². The summed E-state index contributed by atoms with van der Waals surface area (Å²) in [6, 6.07) is 13.1. The van der Waals surface area contributed by atoms with Gasteiger partial charge in [0.15, 0.2) is 0 Å². The number of non-ortho nitro benzene ring substituents is 1. The summed E-state index contributed by atoms with van der Waals surface area (Å²) in [6.45, 7) is 0.397. The van der Waals surface area contributed by atoms with Gasteiger partial charge in [0.1, 0.15) is 0 Å². The Balaban J connectivity index is 1.51. The molecule has 4 rings (SSSR count). The van der Waals surface area contributed by atoms with E-state index >= 15 is 0 Å². The molecule has 0 unspecified atom stereocenters. The van der Waals surface area contributed by atoms with Crippen molar-refractivity contribution in [3.8, 4) is 11.4 Å². The number of hydrogen-bond acceptors (Lipinski definition) is 6. The molecule has 0 atom stereocenters. The van der Waals surface area contributed by atoms with Crippen LogP contribution in [0.2, 0.25) is 5.02 Å². The number of aromatic nitrogens is 2. The monoisotopic (exact) mass is 454 g/mol. The van der Waals surface area contributed by atoms with Gasteiger partial charge in [-0.25, -0.2) is 0 Å². The number of benzene rings is 2. The molecule has 0 radical (unpaired) electrons. The van der Waals surface area contributed by atoms with Crippen molar-refractivity contribution >= 4 is 23.2 Å². The highest BCUT2D eigenvalue weighted by molar-refractivity contribution is 6.30. The lowest BCUT2D eigenvalue weighted by Crippen LogP contribution is -2.42. The van der Waals surface area contributed by atoms with E-state index in [0.29, 0.717) is 35.3 Å². The normalized spacial score (nSPS) is 14.3. The minimum atomic E-state index is -0.488. The zero-order valence-electron chi connectivity index (χ0n) is 17.4. The molecule has 1 fully saturated rings. The van der Waals surface area contributed by atoms with Crippen molar-refractivity contribution in [2.75, 3.05) is 6.54 Å². The van der Waals surface area contributed by atoms with Gasteiger partial charge >= 0.3 is 0 Å². The minimum absolute atomic E-state index is 0.0918. The summed E-state index contributed by atoms with van der Waals surface area (Å²) in [5.74, 6) is 0.687. The topological polar surface area (TPSA) is 102 Å². The van der Waals surface area contributed by atoms with Gasteiger partial charge in [-0.15, -0.1) is 0 Å². The van der Waals surface area contributed by atoms with Crippen LogP contribution in [0.4, 0.5) is 5.69 Å². The molecular weight excluding hydrogens is 432 g/mol. The van der Waals surface area contributed by atoms with E-state index in [-0.39, 0.29) is 17.6 Å². The highest BCUT2D eigenvalue weighted by atomic mass is 35.5. The van der Waals surface area contributed by atoms with Gasteiger partial charge in [0.05, 0.1) is 4.92 Å². The smallest absolute Gasteiger partial charge is 0.270 e. The average molecular weight is 455 g/mol. The fourth-order valence-electron chi connectivity index (χ4n) is 4.05. The van der Waals surface area contributed by atoms with Crippen LogP contribution in [0.25, 0.3) is 11.4 Å². The van der Waals surface area contributed by atoms with Gasteiger partial charge in [-0.3, -0.25) is 14.9 Å². The second kappa shape index (κ2) is 9.91. The Bertz CT molecular complexity index is 1090. The maximum absolute atomic E-state index is 13.3. The van der Waals surface area contributed by atoms with Gasteiger partial charge in [0, 0.05) is 47.3 Å². The maximum atomic E-state index is 13.3. The molecule has 166 valence electrons. The molecule has 9 heteroatoms. The van der Waals surface area contributed by atoms with Crippen LogP contribution in [0.1, 0.15) is 48.4 Å². The zero-order chi connectivity index (χ0) is 22.5. The first-order chi connectivity index (χ1) is 15.5. The predicted octanol–water partition coefficient (Wildman–Crippen LogP) is 5.32. The second-order valence-electron chi connectivity index (χ2n) is 7.87. The van der Waals surface area contributed by atoms with Crippen LogP contribution in [0.3, 0.4) is 0 Å². The Hall–Kier alpha value is -3.26. The SMILES string of the molecule is O=C(c1cccc([N+](=O)[O-])c1)N(CCc1nc(-c2ccc(Cl)cc2)no1)C1CCCCC1. The lowest BCUT2D eigenvalue weighted by atomic mass is 9.93. The first-order valence-corrected chi connectivity index (χ1v) is 11.0. The van der Waals surface area contributed by atoms with Gasteiger partial charge in [-0.1, -0.05) is 42.1 Å². The summed E-state index contributed by atoms with van der Waals surface area (Å²) in [6.07, 6.45) is 5.51. The molecule has 1 aromatic heterocycles. The summed E-state index contributed by atoms with van der Waals surface area (Å²) in [5.41, 5.74) is 1.02. The Morgan fingerprint density at radius 2 is 1.91 bits per heavy atom. The van der Waals surface area contributed by atoms with Crippen molar-refractivity contribution in [3.63, 3.8) is 0 Å². The largest absolute Gasteiger partial charge is 0.339 e. The number of halogens is 1. The van der Waals surface area contributed by atoms with Crippen molar-refractivity contribution < 1.29 is 14.2 Å². The molecule has 0 aliphatic heterocycles. The lowest BCUT2D eigenvalue weighted by Gasteiger charge is -2.34. The molecule has 2 aromatic carbocycles. The first-order valence-electron chi connectivity index (χ1n) is 10.7. The van der Waals surface area contributed by atoms with Gasteiger partial charge in [0.25, 0.3) is 11.6 Å². The number of nitrogens with zero attached hydrogens (tertiary/aromatic N) is 4. The van der Waals surface area contributed by atoms with Gasteiger partial charge < -0.3 is 9.42 Å². The van der Waals surface area contributed by atoms with Crippen LogP contribution < -0.4 is 0 Å². The summed E-state index contributed by atoms with van der Waals surface area (Å²) in [5, 5.41) is 15.8. The highest BCUT2D eigenvalue weighted by Crippen LogP contribution is 2.26. The van der Waals surface area contributed by atoms with E-state index in [0.717, 1.165) is 37.7 Å². The van der Waals surface area contributed by atoms with Crippen LogP contribution >= 0.6 is 11.6 Å². The average Bonchev–Trinajstić information content (AvgIpc) is 3.29. The second-order valence-corrected chi connectivity index (χ2v) is 8.30. The number of hydrogen-bond donors (Lipinski definition) is 0. The molecule has 0 bridgehead atoms. The van der Waals surface area contributed by atoms with Gasteiger partial charge in [0.2, 0.25) is 11.7 Å². The van der Waals surface area contributed by atoms with E-state index in [1.807, 2.05) is 17.0 Å². The van der Waals surface area contributed by atoms with E-state index in [1.165, 1.54) is 12.1 Å². The number of amides is 1. The third-order valence-electron chi connectivity index (χ3n) is 5.72. The quantitative estimate of drug-likeness (QED) is 0.353. The van der Waals surface area contributed by atoms with Crippen LogP contribution in [-0.4, -0.2) is 38.5 Å². The fourth-order valence-corrected chi connectivity index (χ4v) is 4.18. The molecule has 1 amide bonds. The molecule has 0 N–H and O–H groups in total. The number of rotatable bonds is 7. The number of carbonyl (C=O) groups is 1. The Labute approximate surface area is 190 Å². The van der Waals surface area contributed by atoms with E-state index in [9.17, 15) is 14.9 Å². The van der Waals surface area contributed by atoms with E-state index in [1.54, 1.807) is 24.3 Å². The molecule has 32 heavy (non-hydrogen) atoms. The van der Waals surface area contributed by atoms with Crippen LogP contribution in [0, 0.1) is 10.1 Å². The van der Waals surface area contributed by atoms with Crippen LogP contribution in [-0.2, 0) is 6.42 Å². The fraction of sp³-hybridized carbons (Fsp3) is 0.348. The van der Waals surface area contributed by atoms with Crippen molar-refractivity contribution in [1.29, 1.82) is 0 Å². The molecule has 1 aliphatic carbocycles. The third-order valence-corrected chi connectivity index (χ3v) is 5.97. The van der Waals surface area contributed by atoms with Crippen molar-refractivity contribution in [1.82, 2.24) is 15.0 Å². The first kappa shape index (κ1) is 22.0.